The number of carbonyl (C=O) groups is 1. The van der Waals surface area contributed by atoms with Gasteiger partial charge < -0.3 is 15.7 Å². The maximum atomic E-state index is 12.3. The molecule has 1 aromatic rings. The molecule has 0 spiro atoms. The summed E-state index contributed by atoms with van der Waals surface area (Å²) >= 11 is 3.25. The van der Waals surface area contributed by atoms with Crippen LogP contribution in [0.5, 0.6) is 5.75 Å². The number of phenolic OH excluding ortho intramolecular Hbond substituents is 1. The Labute approximate surface area is 120 Å². The molecule has 1 aliphatic heterocycles. The fourth-order valence-corrected chi connectivity index (χ4v) is 3.67. The number of amides is 1. The van der Waals surface area contributed by atoms with E-state index in [4.69, 9.17) is 0 Å². The van der Waals surface area contributed by atoms with Crippen LogP contribution in [-0.4, -0.2) is 23.6 Å². The van der Waals surface area contributed by atoms with E-state index in [1.54, 1.807) is 18.2 Å². The van der Waals surface area contributed by atoms with Crippen LogP contribution in [0.25, 0.3) is 0 Å². The van der Waals surface area contributed by atoms with Gasteiger partial charge in [0.1, 0.15) is 0 Å². The quantitative estimate of drug-likeness (QED) is 0.732. The van der Waals surface area contributed by atoms with Crippen LogP contribution in [-0.2, 0) is 4.79 Å². The molecule has 4 nitrogen and oxygen atoms in total. The van der Waals surface area contributed by atoms with Crippen molar-refractivity contribution in [1.82, 2.24) is 5.32 Å². The number of hydrogen-bond donors (Lipinski definition) is 3. The lowest BCUT2D eigenvalue weighted by molar-refractivity contribution is -0.118. The summed E-state index contributed by atoms with van der Waals surface area (Å²) in [6, 6.07) is 5.12. The number of fused-ring (bicyclic) bond motifs is 1. The zero-order valence-electron chi connectivity index (χ0n) is 10.5. The van der Waals surface area contributed by atoms with Crippen molar-refractivity contribution in [2.45, 2.75) is 25.3 Å². The van der Waals surface area contributed by atoms with Crippen molar-refractivity contribution >= 4 is 27.5 Å². The largest absolute Gasteiger partial charge is 0.505 e. The lowest BCUT2D eigenvalue weighted by atomic mass is 9.93. The summed E-state index contributed by atoms with van der Waals surface area (Å²) in [5.41, 5.74) is 0.461. The third-order valence-electron chi connectivity index (χ3n) is 4.27. The molecule has 1 heterocycles. The van der Waals surface area contributed by atoms with Crippen LogP contribution >= 0.6 is 15.9 Å². The molecule has 1 amide bonds. The molecule has 3 N–H and O–H groups in total. The number of nitrogens with one attached hydrogen (secondary N) is 2. The first-order valence-electron chi connectivity index (χ1n) is 6.68. The van der Waals surface area contributed by atoms with Gasteiger partial charge in [-0.3, -0.25) is 4.79 Å². The Morgan fingerprint density at radius 1 is 1.42 bits per heavy atom. The number of halogens is 1. The molecular weight excluding hydrogens is 308 g/mol. The summed E-state index contributed by atoms with van der Waals surface area (Å²) in [5.74, 6) is 1.14. The molecule has 1 aliphatic carbocycles. The zero-order chi connectivity index (χ0) is 13.4. The molecular formula is C14H17BrN2O2. The molecule has 1 saturated heterocycles. The standard InChI is InChI=1S/C14H17BrN2O2/c15-10-5-2-6-11(13(10)18)17-14(19)12-9-4-1-3-8(9)7-16-12/h2,5-6,8-9,12,16,18H,1,3-4,7H2,(H,17,19). The molecule has 5 heteroatoms. The molecule has 19 heavy (non-hydrogen) atoms. The Morgan fingerprint density at radius 3 is 3.11 bits per heavy atom. The van der Waals surface area contributed by atoms with Crippen LogP contribution in [0.15, 0.2) is 22.7 Å². The minimum absolute atomic E-state index is 0.0391. The summed E-state index contributed by atoms with van der Waals surface area (Å²) in [6.07, 6.45) is 3.58. The predicted octanol–water partition coefficient (Wildman–Crippen LogP) is 2.48. The first kappa shape index (κ1) is 12.9. The van der Waals surface area contributed by atoms with Crippen molar-refractivity contribution in [3.8, 4) is 5.75 Å². The van der Waals surface area contributed by atoms with Crippen molar-refractivity contribution < 1.29 is 9.90 Å². The number of rotatable bonds is 2. The molecule has 0 radical (unpaired) electrons. The lowest BCUT2D eigenvalue weighted by Gasteiger charge is -2.18. The molecule has 3 atom stereocenters. The number of anilines is 1. The summed E-state index contributed by atoms with van der Waals surface area (Å²) in [6.45, 7) is 0.938. The van der Waals surface area contributed by atoms with E-state index >= 15 is 0 Å². The van der Waals surface area contributed by atoms with E-state index < -0.39 is 0 Å². The van der Waals surface area contributed by atoms with Gasteiger partial charge in [0.25, 0.3) is 0 Å². The van der Waals surface area contributed by atoms with Crippen LogP contribution in [0.4, 0.5) is 5.69 Å². The van der Waals surface area contributed by atoms with Gasteiger partial charge in [-0.25, -0.2) is 0 Å². The maximum absolute atomic E-state index is 12.3. The van der Waals surface area contributed by atoms with E-state index in [1.165, 1.54) is 12.8 Å². The van der Waals surface area contributed by atoms with Crippen molar-refractivity contribution in [3.63, 3.8) is 0 Å². The third-order valence-corrected chi connectivity index (χ3v) is 4.91. The van der Waals surface area contributed by atoms with Crippen LogP contribution in [0, 0.1) is 11.8 Å². The second kappa shape index (κ2) is 5.13. The Morgan fingerprint density at radius 2 is 2.26 bits per heavy atom. The van der Waals surface area contributed by atoms with Gasteiger partial charge in [0.15, 0.2) is 5.75 Å². The highest BCUT2D eigenvalue weighted by Crippen LogP contribution is 2.38. The summed E-state index contributed by atoms with van der Waals surface area (Å²) in [7, 11) is 0. The van der Waals surface area contributed by atoms with Gasteiger partial charge in [0, 0.05) is 0 Å². The molecule has 3 unspecified atom stereocenters. The van der Waals surface area contributed by atoms with E-state index in [0.29, 0.717) is 22.0 Å². The van der Waals surface area contributed by atoms with Crippen molar-refractivity contribution in [3.05, 3.63) is 22.7 Å². The number of aromatic hydroxyl groups is 1. The average molecular weight is 325 g/mol. The normalized spacial score (nSPS) is 29.2. The highest BCUT2D eigenvalue weighted by atomic mass is 79.9. The first-order valence-corrected chi connectivity index (χ1v) is 7.48. The van der Waals surface area contributed by atoms with Crippen LogP contribution in [0.3, 0.4) is 0 Å². The molecule has 0 bridgehead atoms. The average Bonchev–Trinajstić information content (AvgIpc) is 2.96. The second-order valence-electron chi connectivity index (χ2n) is 5.37. The third kappa shape index (κ3) is 2.37. The topological polar surface area (TPSA) is 61.4 Å². The zero-order valence-corrected chi connectivity index (χ0v) is 12.1. The molecule has 1 saturated carbocycles. The Hall–Kier alpha value is -1.07. The Kier molecular flexibility index (Phi) is 3.50. The van der Waals surface area contributed by atoms with Gasteiger partial charge >= 0.3 is 0 Å². The summed E-state index contributed by atoms with van der Waals surface area (Å²) < 4.78 is 0.587. The fraction of sp³-hybridized carbons (Fsp3) is 0.500. The number of benzene rings is 1. The van der Waals surface area contributed by atoms with Gasteiger partial charge in [0.05, 0.1) is 16.2 Å². The van der Waals surface area contributed by atoms with Gasteiger partial charge in [-0.2, -0.15) is 0 Å². The number of phenols is 1. The minimum Gasteiger partial charge on any atom is -0.505 e. The molecule has 1 aromatic carbocycles. The van der Waals surface area contributed by atoms with E-state index in [1.807, 2.05) is 0 Å². The van der Waals surface area contributed by atoms with Gasteiger partial charge in [0.2, 0.25) is 5.91 Å². The summed E-state index contributed by atoms with van der Waals surface area (Å²) in [4.78, 5) is 12.3. The highest BCUT2D eigenvalue weighted by molar-refractivity contribution is 9.10. The van der Waals surface area contributed by atoms with E-state index in [0.717, 1.165) is 13.0 Å². The highest BCUT2D eigenvalue weighted by Gasteiger charge is 2.42. The molecule has 3 rings (SSSR count). The molecule has 2 fully saturated rings. The van der Waals surface area contributed by atoms with Crippen LogP contribution in [0.2, 0.25) is 0 Å². The van der Waals surface area contributed by atoms with Crippen molar-refractivity contribution in [2.75, 3.05) is 11.9 Å². The van der Waals surface area contributed by atoms with Crippen molar-refractivity contribution in [2.24, 2.45) is 11.8 Å². The maximum Gasteiger partial charge on any atom is 0.241 e. The van der Waals surface area contributed by atoms with Gasteiger partial charge in [-0.1, -0.05) is 12.5 Å². The Balaban J connectivity index is 1.73. The monoisotopic (exact) mass is 324 g/mol. The smallest absolute Gasteiger partial charge is 0.241 e. The molecule has 2 aliphatic rings. The van der Waals surface area contributed by atoms with Crippen LogP contribution in [0.1, 0.15) is 19.3 Å². The number of carbonyl (C=O) groups excluding carboxylic acids is 1. The predicted molar refractivity (Wildman–Crippen MR) is 77.1 cm³/mol. The molecule has 0 aromatic heterocycles. The lowest BCUT2D eigenvalue weighted by Crippen LogP contribution is -2.39. The van der Waals surface area contributed by atoms with E-state index in [-0.39, 0.29) is 17.7 Å². The fourth-order valence-electron chi connectivity index (χ4n) is 3.30. The van der Waals surface area contributed by atoms with Crippen LogP contribution < -0.4 is 10.6 Å². The minimum atomic E-state index is -0.120. The van der Waals surface area contributed by atoms with E-state index in [2.05, 4.69) is 26.6 Å². The van der Waals surface area contributed by atoms with Crippen molar-refractivity contribution in [1.29, 1.82) is 0 Å². The Bertz CT molecular complexity index is 506. The number of para-hydroxylation sites is 1. The van der Waals surface area contributed by atoms with Gasteiger partial charge in [-0.15, -0.1) is 0 Å². The SMILES string of the molecule is O=C(Nc1cccc(Br)c1O)C1NCC2CCCC21. The second-order valence-corrected chi connectivity index (χ2v) is 6.22. The first-order chi connectivity index (χ1) is 9.16. The number of hydrogen-bond acceptors (Lipinski definition) is 3. The molecule has 102 valence electrons. The summed E-state index contributed by atoms with van der Waals surface area (Å²) in [5, 5.41) is 16.0. The van der Waals surface area contributed by atoms with Gasteiger partial charge in [-0.05, 0) is 59.3 Å². The van der Waals surface area contributed by atoms with E-state index in [9.17, 15) is 9.90 Å².